The summed E-state index contributed by atoms with van der Waals surface area (Å²) in [6.45, 7) is 2.05. The zero-order valence-electron chi connectivity index (χ0n) is 14.4. The fourth-order valence-electron chi connectivity index (χ4n) is 4.55. The third-order valence-corrected chi connectivity index (χ3v) is 5.70. The standard InChI is InChI=1S/C21H24O4/c1-2-14-4-3-13-21(19(14)20(24)25,15-5-9-17(22)10-6-15)16-7-11-18(23)12-8-16/h5-12,14,19,22-23H,2-4,13H2,1H3,(H,24,25). The van der Waals surface area contributed by atoms with Crippen molar-refractivity contribution in [2.45, 2.75) is 38.0 Å². The van der Waals surface area contributed by atoms with Crippen LogP contribution in [0.3, 0.4) is 0 Å². The van der Waals surface area contributed by atoms with Crippen molar-refractivity contribution in [1.82, 2.24) is 0 Å². The van der Waals surface area contributed by atoms with Crippen LogP contribution in [0.2, 0.25) is 0 Å². The van der Waals surface area contributed by atoms with Gasteiger partial charge in [-0.1, -0.05) is 44.0 Å². The second kappa shape index (κ2) is 6.79. The van der Waals surface area contributed by atoms with Crippen molar-refractivity contribution in [1.29, 1.82) is 0 Å². The van der Waals surface area contributed by atoms with Gasteiger partial charge in [-0.3, -0.25) is 4.79 Å². The summed E-state index contributed by atoms with van der Waals surface area (Å²) in [5.74, 6) is -0.902. The molecule has 0 spiro atoms. The Morgan fingerprint density at radius 1 is 1.00 bits per heavy atom. The maximum Gasteiger partial charge on any atom is 0.308 e. The van der Waals surface area contributed by atoms with Gasteiger partial charge in [0.05, 0.1) is 5.92 Å². The van der Waals surface area contributed by atoms with E-state index in [9.17, 15) is 20.1 Å². The molecule has 0 bridgehead atoms. The van der Waals surface area contributed by atoms with E-state index in [1.807, 2.05) is 31.2 Å². The van der Waals surface area contributed by atoms with Crippen molar-refractivity contribution in [3.63, 3.8) is 0 Å². The SMILES string of the molecule is CCC1CCCC(c2ccc(O)cc2)(c2ccc(O)cc2)C1C(=O)O. The minimum Gasteiger partial charge on any atom is -0.508 e. The topological polar surface area (TPSA) is 77.8 Å². The quantitative estimate of drug-likeness (QED) is 0.776. The summed E-state index contributed by atoms with van der Waals surface area (Å²) in [7, 11) is 0. The highest BCUT2D eigenvalue weighted by Gasteiger charge is 2.51. The predicted molar refractivity (Wildman–Crippen MR) is 95.8 cm³/mol. The molecule has 4 heteroatoms. The lowest BCUT2D eigenvalue weighted by Crippen LogP contribution is -2.47. The Bertz CT molecular complexity index is 688. The fourth-order valence-corrected chi connectivity index (χ4v) is 4.55. The van der Waals surface area contributed by atoms with Crippen LogP contribution >= 0.6 is 0 Å². The number of hydrogen-bond donors (Lipinski definition) is 3. The minimum absolute atomic E-state index is 0.0915. The van der Waals surface area contributed by atoms with Gasteiger partial charge < -0.3 is 15.3 Å². The zero-order valence-corrected chi connectivity index (χ0v) is 14.4. The number of phenolic OH excluding ortho intramolecular Hbond substituents is 2. The van der Waals surface area contributed by atoms with Crippen LogP contribution < -0.4 is 0 Å². The average molecular weight is 340 g/mol. The summed E-state index contributed by atoms with van der Waals surface area (Å²) < 4.78 is 0. The number of carboxylic acid groups (broad SMARTS) is 1. The van der Waals surface area contributed by atoms with Crippen molar-refractivity contribution < 1.29 is 20.1 Å². The van der Waals surface area contributed by atoms with Gasteiger partial charge >= 0.3 is 5.97 Å². The van der Waals surface area contributed by atoms with Gasteiger partial charge in [-0.05, 0) is 54.2 Å². The molecule has 1 aliphatic rings. The van der Waals surface area contributed by atoms with Crippen molar-refractivity contribution in [3.05, 3.63) is 59.7 Å². The van der Waals surface area contributed by atoms with E-state index in [0.29, 0.717) is 0 Å². The Morgan fingerprint density at radius 2 is 1.48 bits per heavy atom. The molecule has 4 nitrogen and oxygen atoms in total. The first-order chi connectivity index (χ1) is 12.0. The van der Waals surface area contributed by atoms with Crippen molar-refractivity contribution in [3.8, 4) is 11.5 Å². The van der Waals surface area contributed by atoms with Crippen LogP contribution in [0.15, 0.2) is 48.5 Å². The summed E-state index contributed by atoms with van der Waals surface area (Å²) >= 11 is 0. The van der Waals surface area contributed by atoms with E-state index in [0.717, 1.165) is 36.8 Å². The number of rotatable bonds is 4. The van der Waals surface area contributed by atoms with Crippen LogP contribution in [-0.2, 0) is 10.2 Å². The van der Waals surface area contributed by atoms with E-state index in [4.69, 9.17) is 0 Å². The third kappa shape index (κ3) is 2.97. The Kier molecular flexibility index (Phi) is 4.71. The number of hydrogen-bond acceptors (Lipinski definition) is 3. The Balaban J connectivity index is 2.25. The van der Waals surface area contributed by atoms with E-state index in [-0.39, 0.29) is 17.4 Å². The second-order valence-electron chi connectivity index (χ2n) is 6.94. The number of aromatic hydroxyl groups is 2. The molecule has 1 saturated carbocycles. The fraction of sp³-hybridized carbons (Fsp3) is 0.381. The Labute approximate surface area is 147 Å². The van der Waals surface area contributed by atoms with Crippen LogP contribution in [0.5, 0.6) is 11.5 Å². The molecule has 3 rings (SSSR count). The molecule has 132 valence electrons. The highest BCUT2D eigenvalue weighted by Crippen LogP contribution is 2.52. The molecule has 25 heavy (non-hydrogen) atoms. The lowest BCUT2D eigenvalue weighted by Gasteiger charge is -2.47. The van der Waals surface area contributed by atoms with Crippen LogP contribution in [0.25, 0.3) is 0 Å². The normalized spacial score (nSPS) is 22.4. The monoisotopic (exact) mass is 340 g/mol. The molecule has 2 atom stereocenters. The van der Waals surface area contributed by atoms with Crippen molar-refractivity contribution >= 4 is 5.97 Å². The molecule has 0 radical (unpaired) electrons. The molecule has 0 amide bonds. The average Bonchev–Trinajstić information content (AvgIpc) is 2.62. The van der Waals surface area contributed by atoms with Gasteiger partial charge in [-0.2, -0.15) is 0 Å². The number of aliphatic carboxylic acids is 1. The van der Waals surface area contributed by atoms with Crippen LogP contribution in [0.4, 0.5) is 0 Å². The lowest BCUT2D eigenvalue weighted by molar-refractivity contribution is -0.148. The van der Waals surface area contributed by atoms with Crippen molar-refractivity contribution in [2.24, 2.45) is 11.8 Å². The van der Waals surface area contributed by atoms with Gasteiger partial charge in [0.1, 0.15) is 11.5 Å². The minimum atomic E-state index is -0.785. The molecule has 0 heterocycles. The third-order valence-electron chi connectivity index (χ3n) is 5.70. The highest BCUT2D eigenvalue weighted by atomic mass is 16.4. The summed E-state index contributed by atoms with van der Waals surface area (Å²) in [5, 5.41) is 29.4. The molecule has 3 N–H and O–H groups in total. The summed E-state index contributed by atoms with van der Waals surface area (Å²) in [4.78, 5) is 12.3. The molecular formula is C21H24O4. The first-order valence-electron chi connectivity index (χ1n) is 8.81. The Hall–Kier alpha value is -2.49. The summed E-state index contributed by atoms with van der Waals surface area (Å²) in [5.41, 5.74) is 1.15. The smallest absolute Gasteiger partial charge is 0.308 e. The van der Waals surface area contributed by atoms with Gasteiger partial charge in [-0.25, -0.2) is 0 Å². The first-order valence-corrected chi connectivity index (χ1v) is 8.81. The van der Waals surface area contributed by atoms with Crippen molar-refractivity contribution in [2.75, 3.05) is 0 Å². The van der Waals surface area contributed by atoms with Gasteiger partial charge in [0.15, 0.2) is 0 Å². The summed E-state index contributed by atoms with van der Waals surface area (Å²) in [6, 6.07) is 13.8. The highest BCUT2D eigenvalue weighted by molar-refractivity contribution is 5.75. The molecule has 0 aromatic heterocycles. The van der Waals surface area contributed by atoms with E-state index < -0.39 is 17.3 Å². The van der Waals surface area contributed by atoms with Gasteiger partial charge in [0.25, 0.3) is 0 Å². The first kappa shape index (κ1) is 17.3. The van der Waals surface area contributed by atoms with E-state index in [1.54, 1.807) is 24.3 Å². The molecule has 0 aliphatic heterocycles. The molecular weight excluding hydrogens is 316 g/mol. The van der Waals surface area contributed by atoms with Gasteiger partial charge in [0, 0.05) is 5.41 Å². The Morgan fingerprint density at radius 3 is 1.88 bits per heavy atom. The molecule has 2 unspecified atom stereocenters. The largest absolute Gasteiger partial charge is 0.508 e. The van der Waals surface area contributed by atoms with Gasteiger partial charge in [0.2, 0.25) is 0 Å². The predicted octanol–water partition coefficient (Wildman–Crippen LogP) is 4.29. The van der Waals surface area contributed by atoms with E-state index in [1.165, 1.54) is 0 Å². The lowest BCUT2D eigenvalue weighted by atomic mass is 9.55. The number of carboxylic acids is 1. The number of benzene rings is 2. The van der Waals surface area contributed by atoms with Crippen LogP contribution in [0, 0.1) is 11.8 Å². The zero-order chi connectivity index (χ0) is 18.0. The van der Waals surface area contributed by atoms with Gasteiger partial charge in [-0.15, -0.1) is 0 Å². The van der Waals surface area contributed by atoms with E-state index >= 15 is 0 Å². The molecule has 2 aromatic rings. The maximum absolute atomic E-state index is 12.3. The number of carbonyl (C=O) groups is 1. The van der Waals surface area contributed by atoms with Crippen LogP contribution in [-0.4, -0.2) is 21.3 Å². The molecule has 1 fully saturated rings. The molecule has 0 saturated heterocycles. The van der Waals surface area contributed by atoms with Crippen LogP contribution in [0.1, 0.15) is 43.7 Å². The second-order valence-corrected chi connectivity index (χ2v) is 6.94. The molecule has 1 aliphatic carbocycles. The van der Waals surface area contributed by atoms with E-state index in [2.05, 4.69) is 0 Å². The molecule has 2 aromatic carbocycles. The maximum atomic E-state index is 12.3. The summed E-state index contributed by atoms with van der Waals surface area (Å²) in [6.07, 6.45) is 3.40. The number of phenols is 2.